The van der Waals surface area contributed by atoms with E-state index in [1.807, 2.05) is 50.2 Å². The number of aliphatic hydroxyl groups is 2. The predicted octanol–water partition coefficient (Wildman–Crippen LogP) is 1.45. The minimum atomic E-state index is -0.950. The lowest BCUT2D eigenvalue weighted by atomic mass is 10.1. The van der Waals surface area contributed by atoms with Gasteiger partial charge in [0.1, 0.15) is 6.10 Å². The molecule has 0 bridgehead atoms. The highest BCUT2D eigenvalue weighted by Gasteiger charge is 2.22. The first-order chi connectivity index (χ1) is 9.06. The smallest absolute Gasteiger partial charge is 0.108 e. The highest BCUT2D eigenvalue weighted by atomic mass is 16.3. The monoisotopic (exact) mass is 260 g/mol. The summed E-state index contributed by atoms with van der Waals surface area (Å²) in [6, 6.07) is 11.8. The number of para-hydroxylation sites is 1. The molecule has 1 aromatic carbocycles. The Morgan fingerprint density at radius 1 is 1.16 bits per heavy atom. The maximum absolute atomic E-state index is 10.1. The van der Waals surface area contributed by atoms with E-state index in [-0.39, 0.29) is 6.54 Å². The summed E-state index contributed by atoms with van der Waals surface area (Å²) in [5.74, 6) is 0. The molecule has 102 valence electrons. The topological polar surface area (TPSA) is 71.4 Å². The van der Waals surface area contributed by atoms with Gasteiger partial charge in [-0.15, -0.1) is 0 Å². The van der Waals surface area contributed by atoms with E-state index in [9.17, 15) is 10.2 Å². The van der Waals surface area contributed by atoms with E-state index in [1.54, 1.807) is 0 Å². The number of hydrogen-bond donors (Lipinski definition) is 3. The van der Waals surface area contributed by atoms with Crippen LogP contribution in [0.4, 0.5) is 0 Å². The second kappa shape index (κ2) is 5.57. The Morgan fingerprint density at radius 3 is 2.37 bits per heavy atom. The second-order valence-electron chi connectivity index (χ2n) is 4.75. The number of nitrogens with zero attached hydrogens (tertiary/aromatic N) is 1. The van der Waals surface area contributed by atoms with Crippen LogP contribution in [0.1, 0.15) is 23.1 Å². The van der Waals surface area contributed by atoms with Crippen LogP contribution in [0.2, 0.25) is 0 Å². The van der Waals surface area contributed by atoms with Crippen LogP contribution >= 0.6 is 0 Å². The zero-order valence-electron chi connectivity index (χ0n) is 11.2. The number of aliphatic hydroxyl groups excluding tert-OH is 2. The van der Waals surface area contributed by atoms with Gasteiger partial charge >= 0.3 is 0 Å². The Kier molecular flexibility index (Phi) is 4.04. The molecule has 0 amide bonds. The van der Waals surface area contributed by atoms with Crippen LogP contribution in [0.5, 0.6) is 0 Å². The second-order valence-corrected chi connectivity index (χ2v) is 4.75. The summed E-state index contributed by atoms with van der Waals surface area (Å²) in [5, 5.41) is 19.8. The third-order valence-electron chi connectivity index (χ3n) is 3.41. The van der Waals surface area contributed by atoms with Crippen LogP contribution in [0.15, 0.2) is 36.4 Å². The number of nitrogens with two attached hydrogens (primary N) is 1. The fourth-order valence-electron chi connectivity index (χ4n) is 2.40. The van der Waals surface area contributed by atoms with Gasteiger partial charge in [-0.3, -0.25) is 0 Å². The summed E-state index contributed by atoms with van der Waals surface area (Å²) in [7, 11) is 0. The zero-order valence-corrected chi connectivity index (χ0v) is 11.2. The molecule has 0 aliphatic rings. The normalized spacial score (nSPS) is 14.4. The summed E-state index contributed by atoms with van der Waals surface area (Å²) in [6.45, 7) is 3.95. The first kappa shape index (κ1) is 13.8. The van der Waals surface area contributed by atoms with Crippen molar-refractivity contribution in [2.45, 2.75) is 26.1 Å². The molecule has 0 fully saturated rings. The molecule has 0 saturated carbocycles. The van der Waals surface area contributed by atoms with E-state index < -0.39 is 12.2 Å². The summed E-state index contributed by atoms with van der Waals surface area (Å²) in [6.07, 6.45) is -1.89. The lowest BCUT2D eigenvalue weighted by molar-refractivity contribution is 0.0240. The van der Waals surface area contributed by atoms with E-state index in [4.69, 9.17) is 5.73 Å². The molecule has 0 spiro atoms. The number of aryl methyl sites for hydroxylation is 1. The molecule has 4 N–H and O–H groups in total. The van der Waals surface area contributed by atoms with E-state index in [1.165, 1.54) is 0 Å². The Hall–Kier alpha value is -1.62. The van der Waals surface area contributed by atoms with Crippen LogP contribution in [0.3, 0.4) is 0 Å². The minimum Gasteiger partial charge on any atom is -0.389 e. The quantitative estimate of drug-likeness (QED) is 0.779. The molecule has 0 radical (unpaired) electrons. The summed E-state index contributed by atoms with van der Waals surface area (Å²) >= 11 is 0. The van der Waals surface area contributed by atoms with Crippen molar-refractivity contribution in [2.24, 2.45) is 5.73 Å². The van der Waals surface area contributed by atoms with Crippen LogP contribution in [0, 0.1) is 13.8 Å². The molecule has 1 aromatic heterocycles. The zero-order chi connectivity index (χ0) is 14.0. The van der Waals surface area contributed by atoms with Crippen molar-refractivity contribution < 1.29 is 10.2 Å². The van der Waals surface area contributed by atoms with Gasteiger partial charge in [0.15, 0.2) is 0 Å². The third-order valence-corrected chi connectivity index (χ3v) is 3.41. The molecule has 4 heteroatoms. The van der Waals surface area contributed by atoms with Gasteiger partial charge in [-0.2, -0.15) is 0 Å². The van der Waals surface area contributed by atoms with Crippen molar-refractivity contribution in [2.75, 3.05) is 6.54 Å². The molecule has 1 heterocycles. The highest BCUT2D eigenvalue weighted by Crippen LogP contribution is 2.27. The summed E-state index contributed by atoms with van der Waals surface area (Å²) < 4.78 is 2.06. The Labute approximate surface area is 113 Å². The maximum Gasteiger partial charge on any atom is 0.108 e. The number of rotatable bonds is 4. The van der Waals surface area contributed by atoms with Gasteiger partial charge in [0.25, 0.3) is 0 Å². The first-order valence-corrected chi connectivity index (χ1v) is 6.36. The van der Waals surface area contributed by atoms with Crippen molar-refractivity contribution in [3.8, 4) is 5.69 Å². The Bertz CT molecular complexity index is 549. The van der Waals surface area contributed by atoms with Gasteiger partial charge in [0.05, 0.1) is 6.10 Å². The largest absolute Gasteiger partial charge is 0.389 e. The molecule has 0 saturated heterocycles. The van der Waals surface area contributed by atoms with Crippen molar-refractivity contribution in [3.63, 3.8) is 0 Å². The Morgan fingerprint density at radius 2 is 1.79 bits per heavy atom. The van der Waals surface area contributed by atoms with E-state index in [2.05, 4.69) is 4.57 Å². The molecular formula is C15H20N2O2. The molecule has 2 atom stereocenters. The van der Waals surface area contributed by atoms with Crippen molar-refractivity contribution >= 4 is 0 Å². The van der Waals surface area contributed by atoms with Crippen LogP contribution in [-0.4, -0.2) is 27.4 Å². The number of hydrogen-bond acceptors (Lipinski definition) is 3. The van der Waals surface area contributed by atoms with Gasteiger partial charge in [-0.05, 0) is 32.0 Å². The van der Waals surface area contributed by atoms with Crippen LogP contribution in [0.25, 0.3) is 5.69 Å². The van der Waals surface area contributed by atoms with Crippen molar-refractivity contribution in [3.05, 3.63) is 53.3 Å². The number of benzene rings is 1. The van der Waals surface area contributed by atoms with Gasteiger partial charge in [-0.25, -0.2) is 0 Å². The van der Waals surface area contributed by atoms with Crippen molar-refractivity contribution in [1.29, 1.82) is 0 Å². The fourth-order valence-corrected chi connectivity index (χ4v) is 2.40. The minimum absolute atomic E-state index is 0.0379. The fraction of sp³-hybridized carbons (Fsp3) is 0.333. The molecular weight excluding hydrogens is 240 g/mol. The first-order valence-electron chi connectivity index (χ1n) is 6.36. The van der Waals surface area contributed by atoms with Gasteiger partial charge in [-0.1, -0.05) is 18.2 Å². The van der Waals surface area contributed by atoms with E-state index in [0.29, 0.717) is 0 Å². The van der Waals surface area contributed by atoms with Gasteiger partial charge in [0.2, 0.25) is 0 Å². The van der Waals surface area contributed by atoms with E-state index in [0.717, 1.165) is 22.6 Å². The molecule has 0 aliphatic heterocycles. The van der Waals surface area contributed by atoms with Crippen LogP contribution in [-0.2, 0) is 0 Å². The molecule has 2 rings (SSSR count). The summed E-state index contributed by atoms with van der Waals surface area (Å²) in [4.78, 5) is 0. The van der Waals surface area contributed by atoms with Crippen LogP contribution < -0.4 is 5.73 Å². The molecule has 0 aliphatic carbocycles. The Balaban J connectivity index is 2.46. The standard InChI is InChI=1S/C15H20N2O2/c1-10-8-13(15(19)14(18)9-16)11(2)17(10)12-6-4-3-5-7-12/h3-8,14-15,18-19H,9,16H2,1-2H3. The average molecular weight is 260 g/mol. The molecule has 4 nitrogen and oxygen atoms in total. The van der Waals surface area contributed by atoms with Gasteiger partial charge < -0.3 is 20.5 Å². The SMILES string of the molecule is Cc1cc(C(O)C(O)CN)c(C)n1-c1ccccc1. The summed E-state index contributed by atoms with van der Waals surface area (Å²) in [5.41, 5.74) is 9.10. The lowest BCUT2D eigenvalue weighted by Gasteiger charge is -2.17. The molecule has 19 heavy (non-hydrogen) atoms. The molecule has 2 aromatic rings. The lowest BCUT2D eigenvalue weighted by Crippen LogP contribution is -2.27. The molecule has 2 unspecified atom stereocenters. The van der Waals surface area contributed by atoms with Crippen molar-refractivity contribution in [1.82, 2.24) is 4.57 Å². The maximum atomic E-state index is 10.1. The van der Waals surface area contributed by atoms with E-state index >= 15 is 0 Å². The van der Waals surface area contributed by atoms with Gasteiger partial charge in [0, 0.05) is 29.2 Å². The average Bonchev–Trinajstić information content (AvgIpc) is 2.73. The third kappa shape index (κ3) is 2.56. The number of aromatic nitrogens is 1. The highest BCUT2D eigenvalue weighted by molar-refractivity contribution is 5.41. The predicted molar refractivity (Wildman–Crippen MR) is 75.3 cm³/mol.